The highest BCUT2D eigenvalue weighted by molar-refractivity contribution is 6.36. The van der Waals surface area contributed by atoms with Crippen LogP contribution in [0, 0.1) is 5.92 Å². The van der Waals surface area contributed by atoms with Crippen LogP contribution in [0.1, 0.15) is 13.8 Å². The number of benzene rings is 1. The highest BCUT2D eigenvalue weighted by atomic mass is 35.5. The number of hydrogen-bond donors (Lipinski definition) is 0. The molecule has 0 aliphatic carbocycles. The summed E-state index contributed by atoms with van der Waals surface area (Å²) in [6.45, 7) is 5.15. The van der Waals surface area contributed by atoms with Crippen LogP contribution in [-0.2, 0) is 6.54 Å². The first kappa shape index (κ1) is 12.4. The lowest BCUT2D eigenvalue weighted by molar-refractivity contribution is 0.525. The fourth-order valence-electron chi connectivity index (χ4n) is 1.66. The summed E-state index contributed by atoms with van der Waals surface area (Å²) in [5, 5.41) is 9.26. The van der Waals surface area contributed by atoms with Gasteiger partial charge in [-0.2, -0.15) is 0 Å². The van der Waals surface area contributed by atoms with Crippen molar-refractivity contribution in [3.63, 3.8) is 0 Å². The quantitative estimate of drug-likeness (QED) is 0.846. The van der Waals surface area contributed by atoms with Crippen molar-refractivity contribution >= 4 is 23.2 Å². The molecule has 0 atom stereocenters. The molecule has 2 rings (SSSR count). The van der Waals surface area contributed by atoms with Crippen molar-refractivity contribution in [1.29, 1.82) is 0 Å². The Bertz CT molecular complexity index is 520. The molecule has 0 saturated carbocycles. The first-order chi connectivity index (χ1) is 8.08. The highest BCUT2D eigenvalue weighted by Gasteiger charge is 2.12. The molecule has 1 aromatic carbocycles. The van der Waals surface area contributed by atoms with Crippen LogP contribution in [0.5, 0.6) is 0 Å². The SMILES string of the molecule is CC(C)Cn1cnnc1-c1ccc(Cl)cc1Cl. The van der Waals surface area contributed by atoms with Crippen molar-refractivity contribution in [2.24, 2.45) is 5.92 Å². The van der Waals surface area contributed by atoms with Gasteiger partial charge < -0.3 is 4.57 Å². The van der Waals surface area contributed by atoms with Gasteiger partial charge in [-0.1, -0.05) is 37.0 Å². The third kappa shape index (κ3) is 2.79. The van der Waals surface area contributed by atoms with Gasteiger partial charge in [0.1, 0.15) is 6.33 Å². The number of aromatic nitrogens is 3. The predicted octanol–water partition coefficient (Wildman–Crippen LogP) is 3.91. The zero-order chi connectivity index (χ0) is 12.4. The Kier molecular flexibility index (Phi) is 3.69. The Morgan fingerprint density at radius 2 is 2.06 bits per heavy atom. The highest BCUT2D eigenvalue weighted by Crippen LogP contribution is 2.29. The van der Waals surface area contributed by atoms with E-state index in [2.05, 4.69) is 24.0 Å². The molecule has 0 saturated heterocycles. The molecule has 0 aliphatic rings. The number of rotatable bonds is 3. The lowest BCUT2D eigenvalue weighted by Crippen LogP contribution is -2.05. The van der Waals surface area contributed by atoms with Gasteiger partial charge in [0.15, 0.2) is 5.82 Å². The topological polar surface area (TPSA) is 30.7 Å². The van der Waals surface area contributed by atoms with E-state index in [9.17, 15) is 0 Å². The average Bonchev–Trinajstić information content (AvgIpc) is 2.65. The van der Waals surface area contributed by atoms with E-state index >= 15 is 0 Å². The van der Waals surface area contributed by atoms with E-state index in [-0.39, 0.29) is 0 Å². The summed E-state index contributed by atoms with van der Waals surface area (Å²) in [7, 11) is 0. The van der Waals surface area contributed by atoms with Crippen LogP contribution in [0.3, 0.4) is 0 Å². The Balaban J connectivity index is 2.42. The molecular formula is C12H13Cl2N3. The zero-order valence-electron chi connectivity index (χ0n) is 9.69. The van der Waals surface area contributed by atoms with Gasteiger partial charge in [0.05, 0.1) is 5.02 Å². The largest absolute Gasteiger partial charge is 0.313 e. The van der Waals surface area contributed by atoms with Crippen LogP contribution in [0.15, 0.2) is 24.5 Å². The molecule has 5 heteroatoms. The summed E-state index contributed by atoms with van der Waals surface area (Å²) < 4.78 is 2.00. The van der Waals surface area contributed by atoms with E-state index in [1.165, 1.54) is 0 Å². The van der Waals surface area contributed by atoms with Crippen LogP contribution in [-0.4, -0.2) is 14.8 Å². The lowest BCUT2D eigenvalue weighted by atomic mass is 10.2. The molecule has 0 radical (unpaired) electrons. The zero-order valence-corrected chi connectivity index (χ0v) is 11.2. The van der Waals surface area contributed by atoms with Gasteiger partial charge in [0.2, 0.25) is 0 Å². The molecule has 0 amide bonds. The summed E-state index contributed by atoms with van der Waals surface area (Å²) >= 11 is 12.0. The van der Waals surface area contributed by atoms with Crippen LogP contribution < -0.4 is 0 Å². The second kappa shape index (κ2) is 5.07. The molecule has 0 unspecified atom stereocenters. The molecule has 3 nitrogen and oxygen atoms in total. The second-order valence-corrected chi connectivity index (χ2v) is 5.17. The molecule has 0 aliphatic heterocycles. The molecule has 2 aromatic rings. The monoisotopic (exact) mass is 269 g/mol. The molecule has 0 spiro atoms. The van der Waals surface area contributed by atoms with Gasteiger partial charge in [-0.3, -0.25) is 0 Å². The third-order valence-electron chi connectivity index (χ3n) is 2.35. The summed E-state index contributed by atoms with van der Waals surface area (Å²) in [6.07, 6.45) is 1.72. The minimum absolute atomic E-state index is 0.524. The van der Waals surface area contributed by atoms with E-state index in [4.69, 9.17) is 23.2 Å². The van der Waals surface area contributed by atoms with E-state index in [0.29, 0.717) is 16.0 Å². The minimum Gasteiger partial charge on any atom is -0.313 e. The molecule has 1 heterocycles. The molecule has 0 fully saturated rings. The number of hydrogen-bond acceptors (Lipinski definition) is 2. The number of nitrogens with zero attached hydrogens (tertiary/aromatic N) is 3. The van der Waals surface area contributed by atoms with Gasteiger partial charge >= 0.3 is 0 Å². The first-order valence-corrected chi connectivity index (χ1v) is 6.16. The van der Waals surface area contributed by atoms with E-state index in [1.54, 1.807) is 18.5 Å². The van der Waals surface area contributed by atoms with Gasteiger partial charge in [-0.05, 0) is 24.1 Å². The lowest BCUT2D eigenvalue weighted by Gasteiger charge is -2.10. The van der Waals surface area contributed by atoms with Crippen molar-refractivity contribution < 1.29 is 0 Å². The maximum atomic E-state index is 6.16. The van der Waals surface area contributed by atoms with Gasteiger partial charge in [-0.15, -0.1) is 10.2 Å². The molecule has 17 heavy (non-hydrogen) atoms. The van der Waals surface area contributed by atoms with Crippen molar-refractivity contribution in [3.05, 3.63) is 34.6 Å². The fourth-order valence-corrected chi connectivity index (χ4v) is 2.15. The van der Waals surface area contributed by atoms with E-state index < -0.39 is 0 Å². The summed E-state index contributed by atoms with van der Waals surface area (Å²) in [5.74, 6) is 1.30. The second-order valence-electron chi connectivity index (χ2n) is 4.32. The molecule has 1 aromatic heterocycles. The minimum atomic E-state index is 0.524. The summed E-state index contributed by atoms with van der Waals surface area (Å²) in [6, 6.07) is 5.38. The smallest absolute Gasteiger partial charge is 0.165 e. The Hall–Kier alpha value is -1.06. The molecular weight excluding hydrogens is 257 g/mol. The molecule has 0 bridgehead atoms. The Morgan fingerprint density at radius 3 is 2.71 bits per heavy atom. The van der Waals surface area contributed by atoms with Crippen LogP contribution in [0.25, 0.3) is 11.4 Å². The van der Waals surface area contributed by atoms with E-state index in [1.807, 2.05) is 10.6 Å². The Labute approximate surface area is 110 Å². The number of halogens is 2. The molecule has 90 valence electrons. The summed E-state index contributed by atoms with van der Waals surface area (Å²) in [4.78, 5) is 0. The summed E-state index contributed by atoms with van der Waals surface area (Å²) in [5.41, 5.74) is 0.856. The van der Waals surface area contributed by atoms with Gasteiger partial charge in [0.25, 0.3) is 0 Å². The maximum Gasteiger partial charge on any atom is 0.165 e. The Morgan fingerprint density at radius 1 is 1.29 bits per heavy atom. The van der Waals surface area contributed by atoms with Crippen LogP contribution in [0.2, 0.25) is 10.0 Å². The van der Waals surface area contributed by atoms with Crippen molar-refractivity contribution in [3.8, 4) is 11.4 Å². The first-order valence-electron chi connectivity index (χ1n) is 5.41. The average molecular weight is 270 g/mol. The standard InChI is InChI=1S/C12H13Cl2N3/c1-8(2)6-17-7-15-16-12(17)10-4-3-9(13)5-11(10)14/h3-5,7-8H,6H2,1-2H3. The van der Waals surface area contributed by atoms with Crippen LogP contribution >= 0.6 is 23.2 Å². The van der Waals surface area contributed by atoms with Crippen molar-refractivity contribution in [2.75, 3.05) is 0 Å². The molecule has 0 N–H and O–H groups in total. The van der Waals surface area contributed by atoms with Crippen molar-refractivity contribution in [2.45, 2.75) is 20.4 Å². The maximum absolute atomic E-state index is 6.16. The predicted molar refractivity (Wildman–Crippen MR) is 70.3 cm³/mol. The van der Waals surface area contributed by atoms with Crippen LogP contribution in [0.4, 0.5) is 0 Å². The van der Waals surface area contributed by atoms with Crippen molar-refractivity contribution in [1.82, 2.24) is 14.8 Å². The normalized spacial score (nSPS) is 11.1. The van der Waals surface area contributed by atoms with E-state index in [0.717, 1.165) is 17.9 Å². The third-order valence-corrected chi connectivity index (χ3v) is 2.90. The van der Waals surface area contributed by atoms with Gasteiger partial charge in [-0.25, -0.2) is 0 Å². The van der Waals surface area contributed by atoms with Gasteiger partial charge in [0, 0.05) is 17.1 Å². The fraction of sp³-hybridized carbons (Fsp3) is 0.333.